The number of amides is 2. The number of hydrogen-bond donors (Lipinski definition) is 1. The second-order valence-electron chi connectivity index (χ2n) is 6.11. The molecule has 1 N–H and O–H groups in total. The van der Waals surface area contributed by atoms with Crippen molar-refractivity contribution in [3.05, 3.63) is 29.6 Å². The third kappa shape index (κ3) is 5.39. The number of ether oxygens (including phenoxy) is 2. The van der Waals surface area contributed by atoms with Crippen molar-refractivity contribution in [3.63, 3.8) is 0 Å². The van der Waals surface area contributed by atoms with E-state index in [1.54, 1.807) is 24.1 Å². The quantitative estimate of drug-likeness (QED) is 0.875. The third-order valence-corrected chi connectivity index (χ3v) is 3.65. The summed E-state index contributed by atoms with van der Waals surface area (Å²) in [4.78, 5) is 13.6. The van der Waals surface area contributed by atoms with Gasteiger partial charge in [0.15, 0.2) is 11.6 Å². The largest absolute Gasteiger partial charge is 0.488 e. The summed E-state index contributed by atoms with van der Waals surface area (Å²) in [6.45, 7) is 5.30. The van der Waals surface area contributed by atoms with Crippen LogP contribution in [0.3, 0.4) is 0 Å². The summed E-state index contributed by atoms with van der Waals surface area (Å²) >= 11 is 0. The van der Waals surface area contributed by atoms with Crippen LogP contribution < -0.4 is 10.1 Å². The van der Waals surface area contributed by atoms with Crippen molar-refractivity contribution in [3.8, 4) is 5.75 Å². The van der Waals surface area contributed by atoms with Crippen molar-refractivity contribution in [2.75, 3.05) is 20.2 Å². The van der Waals surface area contributed by atoms with Gasteiger partial charge >= 0.3 is 6.03 Å². The van der Waals surface area contributed by atoms with Crippen LogP contribution in [0.1, 0.15) is 32.3 Å². The van der Waals surface area contributed by atoms with E-state index in [4.69, 9.17) is 9.47 Å². The highest BCUT2D eigenvalue weighted by atomic mass is 19.1. The van der Waals surface area contributed by atoms with Gasteiger partial charge in [-0.3, -0.25) is 0 Å². The number of carbonyl (C=O) groups excluding carboxylic acids is 1. The molecule has 0 bridgehead atoms. The predicted molar refractivity (Wildman–Crippen MR) is 86.0 cm³/mol. The van der Waals surface area contributed by atoms with E-state index in [2.05, 4.69) is 5.32 Å². The van der Waals surface area contributed by atoms with Crippen molar-refractivity contribution in [2.45, 2.75) is 45.4 Å². The van der Waals surface area contributed by atoms with Crippen molar-refractivity contribution in [1.29, 1.82) is 0 Å². The van der Waals surface area contributed by atoms with E-state index in [1.807, 2.05) is 13.8 Å². The number of likely N-dealkylation sites (N-methyl/N-ethyl adjacent to an activating group) is 1. The Kier molecular flexibility index (Phi) is 6.21. The Hall–Kier alpha value is -1.82. The molecule has 1 heterocycles. The molecule has 0 saturated carbocycles. The normalized spacial score (nSPS) is 17.3. The lowest BCUT2D eigenvalue weighted by Gasteiger charge is -2.21. The molecule has 1 unspecified atom stereocenters. The Morgan fingerprint density at radius 3 is 2.91 bits per heavy atom. The van der Waals surface area contributed by atoms with Gasteiger partial charge in [0.1, 0.15) is 0 Å². The van der Waals surface area contributed by atoms with Crippen molar-refractivity contribution >= 4 is 6.03 Å². The van der Waals surface area contributed by atoms with Crippen LogP contribution in [0.25, 0.3) is 0 Å². The van der Waals surface area contributed by atoms with Gasteiger partial charge in [0, 0.05) is 26.7 Å². The first-order valence-electron chi connectivity index (χ1n) is 8.01. The molecule has 1 fully saturated rings. The molecule has 1 aromatic rings. The topological polar surface area (TPSA) is 50.8 Å². The Labute approximate surface area is 136 Å². The number of halogens is 1. The average molecular weight is 324 g/mol. The average Bonchev–Trinajstić information content (AvgIpc) is 2.99. The minimum absolute atomic E-state index is 0.0819. The fourth-order valence-corrected chi connectivity index (χ4v) is 2.49. The Morgan fingerprint density at radius 2 is 2.30 bits per heavy atom. The number of hydrogen-bond acceptors (Lipinski definition) is 3. The van der Waals surface area contributed by atoms with E-state index >= 15 is 0 Å². The van der Waals surface area contributed by atoms with Gasteiger partial charge < -0.3 is 19.7 Å². The number of nitrogens with zero attached hydrogens (tertiary/aromatic N) is 1. The van der Waals surface area contributed by atoms with Crippen LogP contribution in [0.4, 0.5) is 9.18 Å². The summed E-state index contributed by atoms with van der Waals surface area (Å²) in [7, 11) is 1.73. The van der Waals surface area contributed by atoms with Crippen molar-refractivity contribution < 1.29 is 18.7 Å². The zero-order valence-corrected chi connectivity index (χ0v) is 14.0. The van der Waals surface area contributed by atoms with Crippen LogP contribution >= 0.6 is 0 Å². The van der Waals surface area contributed by atoms with E-state index < -0.39 is 5.82 Å². The second-order valence-corrected chi connectivity index (χ2v) is 6.11. The molecule has 0 radical (unpaired) electrons. The van der Waals surface area contributed by atoms with Gasteiger partial charge in [-0.25, -0.2) is 9.18 Å². The molecule has 1 aliphatic heterocycles. The van der Waals surface area contributed by atoms with Gasteiger partial charge in [0.05, 0.1) is 12.2 Å². The maximum absolute atomic E-state index is 13.9. The Bertz CT molecular complexity index is 531. The summed E-state index contributed by atoms with van der Waals surface area (Å²) in [6.07, 6.45) is 2.07. The molecule has 2 rings (SSSR count). The van der Waals surface area contributed by atoms with Crippen molar-refractivity contribution in [2.24, 2.45) is 0 Å². The van der Waals surface area contributed by atoms with Gasteiger partial charge in [0.2, 0.25) is 0 Å². The summed E-state index contributed by atoms with van der Waals surface area (Å²) < 4.78 is 24.8. The third-order valence-electron chi connectivity index (χ3n) is 3.65. The predicted octanol–water partition coefficient (Wildman–Crippen LogP) is 2.93. The summed E-state index contributed by atoms with van der Waals surface area (Å²) in [5.41, 5.74) is 0.692. The van der Waals surface area contributed by atoms with Crippen LogP contribution in [0, 0.1) is 5.82 Å². The molecule has 5 nitrogen and oxygen atoms in total. The van der Waals surface area contributed by atoms with Crippen LogP contribution in [0.2, 0.25) is 0 Å². The van der Waals surface area contributed by atoms with E-state index in [0.717, 1.165) is 19.4 Å². The summed E-state index contributed by atoms with van der Waals surface area (Å²) in [5.74, 6) is -0.191. The van der Waals surface area contributed by atoms with Crippen LogP contribution in [0.15, 0.2) is 18.2 Å². The molecule has 0 spiro atoms. The molecular weight excluding hydrogens is 299 g/mol. The molecule has 1 aliphatic rings. The number of benzene rings is 1. The molecule has 2 amide bonds. The van der Waals surface area contributed by atoms with Crippen LogP contribution in [-0.4, -0.2) is 43.3 Å². The molecule has 1 saturated heterocycles. The monoisotopic (exact) mass is 324 g/mol. The first-order chi connectivity index (χ1) is 11.0. The molecule has 1 atom stereocenters. The van der Waals surface area contributed by atoms with E-state index in [0.29, 0.717) is 12.1 Å². The molecule has 23 heavy (non-hydrogen) atoms. The van der Waals surface area contributed by atoms with E-state index in [9.17, 15) is 9.18 Å². The zero-order valence-electron chi connectivity index (χ0n) is 14.0. The lowest BCUT2D eigenvalue weighted by atomic mass is 10.2. The number of nitrogens with one attached hydrogen (secondary N) is 1. The fourth-order valence-electron chi connectivity index (χ4n) is 2.49. The second kappa shape index (κ2) is 8.15. The maximum Gasteiger partial charge on any atom is 0.317 e. The maximum atomic E-state index is 13.9. The highest BCUT2D eigenvalue weighted by molar-refractivity contribution is 5.73. The molecule has 128 valence electrons. The Morgan fingerprint density at radius 1 is 1.52 bits per heavy atom. The highest BCUT2D eigenvalue weighted by Crippen LogP contribution is 2.19. The molecule has 0 aliphatic carbocycles. The molecular formula is C17H25FN2O3. The lowest BCUT2D eigenvalue weighted by molar-refractivity contribution is 0.0874. The highest BCUT2D eigenvalue weighted by Gasteiger charge is 2.19. The number of carbonyl (C=O) groups is 1. The minimum Gasteiger partial charge on any atom is -0.488 e. The summed E-state index contributed by atoms with van der Waals surface area (Å²) in [6, 6.07) is 4.54. The first-order valence-corrected chi connectivity index (χ1v) is 8.01. The van der Waals surface area contributed by atoms with Gasteiger partial charge in [-0.15, -0.1) is 0 Å². The number of urea groups is 1. The lowest BCUT2D eigenvalue weighted by Crippen LogP contribution is -2.40. The van der Waals surface area contributed by atoms with Crippen LogP contribution in [-0.2, 0) is 11.3 Å². The molecule has 0 aromatic heterocycles. The van der Waals surface area contributed by atoms with Gasteiger partial charge in [-0.2, -0.15) is 0 Å². The van der Waals surface area contributed by atoms with Gasteiger partial charge in [-0.05, 0) is 44.4 Å². The van der Waals surface area contributed by atoms with Crippen LogP contribution in [0.5, 0.6) is 5.75 Å². The minimum atomic E-state index is -0.418. The van der Waals surface area contributed by atoms with E-state index in [1.165, 1.54) is 6.07 Å². The SMILES string of the molecule is CC(C)Oc1ccc(CNC(=O)N(C)CC2CCCO2)cc1F. The molecule has 6 heteroatoms. The zero-order chi connectivity index (χ0) is 16.8. The first kappa shape index (κ1) is 17.5. The van der Waals surface area contributed by atoms with Crippen molar-refractivity contribution in [1.82, 2.24) is 10.2 Å². The number of rotatable bonds is 6. The smallest absolute Gasteiger partial charge is 0.317 e. The Balaban J connectivity index is 1.82. The molecule has 1 aromatic carbocycles. The standard InChI is InChI=1S/C17H25FN2O3/c1-12(2)23-16-7-6-13(9-15(16)18)10-19-17(21)20(3)11-14-5-4-8-22-14/h6-7,9,12,14H,4-5,8,10-11H2,1-3H3,(H,19,21). The van der Waals surface area contributed by atoms with E-state index in [-0.39, 0.29) is 30.5 Å². The van der Waals surface area contributed by atoms with Gasteiger partial charge in [-0.1, -0.05) is 6.07 Å². The summed E-state index contributed by atoms with van der Waals surface area (Å²) in [5, 5.41) is 2.78. The van der Waals surface area contributed by atoms with Gasteiger partial charge in [0.25, 0.3) is 0 Å². The fraction of sp³-hybridized carbons (Fsp3) is 0.588.